The van der Waals surface area contributed by atoms with Gasteiger partial charge < -0.3 is 14.8 Å². The summed E-state index contributed by atoms with van der Waals surface area (Å²) < 4.78 is 10.6. The molecule has 0 unspecified atom stereocenters. The largest absolute Gasteiger partial charge is 0.454 e. The first-order valence-electron chi connectivity index (χ1n) is 8.09. The molecule has 0 saturated heterocycles. The van der Waals surface area contributed by atoms with Gasteiger partial charge >= 0.3 is 0 Å². The number of hydrazone groups is 1. The number of benzene rings is 2. The molecular weight excluding hydrogens is 318 g/mol. The highest BCUT2D eigenvalue weighted by Gasteiger charge is 2.14. The Hall–Kier alpha value is -3.02. The fourth-order valence-electron chi connectivity index (χ4n) is 2.54. The predicted octanol–water partition coefficient (Wildman–Crippen LogP) is 2.98. The van der Waals surface area contributed by atoms with Gasteiger partial charge in [0.05, 0.1) is 6.21 Å². The van der Waals surface area contributed by atoms with Gasteiger partial charge in [-0.15, -0.1) is 0 Å². The number of hydrogen-bond acceptors (Lipinski definition) is 5. The third-order valence-corrected chi connectivity index (χ3v) is 3.93. The van der Waals surface area contributed by atoms with E-state index in [1.54, 1.807) is 13.1 Å². The van der Waals surface area contributed by atoms with Crippen LogP contribution in [0.1, 0.15) is 23.6 Å². The van der Waals surface area contributed by atoms with Crippen molar-refractivity contribution in [3.05, 3.63) is 53.1 Å². The minimum atomic E-state index is -0.407. The molecule has 2 aromatic rings. The number of ether oxygens (including phenoxy) is 2. The molecule has 0 radical (unpaired) electrons. The Morgan fingerprint density at radius 3 is 2.76 bits per heavy atom. The van der Waals surface area contributed by atoms with Crippen LogP contribution in [0.2, 0.25) is 0 Å². The Labute approximate surface area is 146 Å². The number of nitrogens with zero attached hydrogens (tertiary/aromatic N) is 1. The lowest BCUT2D eigenvalue weighted by molar-refractivity contribution is -0.121. The molecule has 0 saturated carbocycles. The molecule has 0 spiro atoms. The zero-order valence-corrected chi connectivity index (χ0v) is 14.5. The normalized spacial score (nSPS) is 13.7. The standard InChI is InChI=1S/C19H21N3O3/c1-12-4-6-16(13(2)8-12)21-14(3)19(23)22-20-10-15-5-7-17-18(9-15)25-11-24-17/h4-10,14,21H,11H2,1-3H3,(H,22,23)/b20-10-/t14-/m1/s1. The first-order valence-corrected chi connectivity index (χ1v) is 8.09. The molecule has 2 N–H and O–H groups in total. The van der Waals surface area contributed by atoms with Gasteiger partial charge in [-0.05, 0) is 56.2 Å². The van der Waals surface area contributed by atoms with E-state index in [0.717, 1.165) is 16.8 Å². The number of aryl methyl sites for hydroxylation is 2. The van der Waals surface area contributed by atoms with E-state index in [2.05, 4.69) is 21.9 Å². The van der Waals surface area contributed by atoms with E-state index in [1.807, 2.05) is 44.2 Å². The van der Waals surface area contributed by atoms with E-state index < -0.39 is 6.04 Å². The van der Waals surface area contributed by atoms with Crippen LogP contribution < -0.4 is 20.2 Å². The van der Waals surface area contributed by atoms with E-state index in [9.17, 15) is 4.79 Å². The lowest BCUT2D eigenvalue weighted by Gasteiger charge is -2.15. The molecule has 0 bridgehead atoms. The van der Waals surface area contributed by atoms with E-state index in [-0.39, 0.29) is 12.7 Å². The van der Waals surface area contributed by atoms with Crippen molar-refractivity contribution in [2.75, 3.05) is 12.1 Å². The van der Waals surface area contributed by atoms with E-state index in [1.165, 1.54) is 5.56 Å². The van der Waals surface area contributed by atoms with Crippen molar-refractivity contribution in [1.82, 2.24) is 5.43 Å². The van der Waals surface area contributed by atoms with Gasteiger partial charge in [0.25, 0.3) is 5.91 Å². The maximum atomic E-state index is 12.2. The molecule has 6 nitrogen and oxygen atoms in total. The summed E-state index contributed by atoms with van der Waals surface area (Å²) >= 11 is 0. The third kappa shape index (κ3) is 4.09. The van der Waals surface area contributed by atoms with Crippen LogP contribution in [-0.2, 0) is 4.79 Å². The molecule has 3 rings (SSSR count). The first kappa shape index (κ1) is 16.8. The van der Waals surface area contributed by atoms with Crippen molar-refractivity contribution in [1.29, 1.82) is 0 Å². The van der Waals surface area contributed by atoms with Crippen molar-refractivity contribution in [2.45, 2.75) is 26.8 Å². The summed E-state index contributed by atoms with van der Waals surface area (Å²) in [6.07, 6.45) is 1.57. The first-order chi connectivity index (χ1) is 12.0. The van der Waals surface area contributed by atoms with Crippen molar-refractivity contribution < 1.29 is 14.3 Å². The maximum Gasteiger partial charge on any atom is 0.262 e. The predicted molar refractivity (Wildman–Crippen MR) is 97.3 cm³/mol. The van der Waals surface area contributed by atoms with Crippen LogP contribution in [0.3, 0.4) is 0 Å². The number of carbonyl (C=O) groups excluding carboxylic acids is 1. The SMILES string of the molecule is Cc1ccc(N[C@H](C)C(=O)N/N=C\c2ccc3c(c2)OCO3)c(C)c1. The Kier molecular flexibility index (Phi) is 4.88. The molecule has 25 heavy (non-hydrogen) atoms. The smallest absolute Gasteiger partial charge is 0.262 e. The number of nitrogens with one attached hydrogen (secondary N) is 2. The highest BCUT2D eigenvalue weighted by atomic mass is 16.7. The van der Waals surface area contributed by atoms with Gasteiger partial charge in [0.2, 0.25) is 6.79 Å². The van der Waals surface area contributed by atoms with Crippen molar-refractivity contribution in [3.63, 3.8) is 0 Å². The molecule has 130 valence electrons. The number of carbonyl (C=O) groups is 1. The molecular formula is C19H21N3O3. The van der Waals surface area contributed by atoms with E-state index in [0.29, 0.717) is 11.5 Å². The molecule has 6 heteroatoms. The topological polar surface area (TPSA) is 72.0 Å². The lowest BCUT2D eigenvalue weighted by atomic mass is 10.1. The monoisotopic (exact) mass is 339 g/mol. The average Bonchev–Trinajstić information content (AvgIpc) is 3.05. The second-order valence-electron chi connectivity index (χ2n) is 6.03. The van der Waals surface area contributed by atoms with Gasteiger partial charge in [0.15, 0.2) is 11.5 Å². The molecule has 1 aliphatic rings. The van der Waals surface area contributed by atoms with Gasteiger partial charge in [0, 0.05) is 5.69 Å². The van der Waals surface area contributed by atoms with Gasteiger partial charge in [-0.2, -0.15) is 5.10 Å². The van der Waals surface area contributed by atoms with Crippen LogP contribution in [0.5, 0.6) is 11.5 Å². The van der Waals surface area contributed by atoms with Crippen LogP contribution in [0.4, 0.5) is 5.69 Å². The number of anilines is 1. The summed E-state index contributed by atoms with van der Waals surface area (Å²) in [7, 11) is 0. The summed E-state index contributed by atoms with van der Waals surface area (Å²) in [6, 6.07) is 11.1. The third-order valence-electron chi connectivity index (χ3n) is 3.93. The summed E-state index contributed by atoms with van der Waals surface area (Å²) in [5.74, 6) is 1.18. The fourth-order valence-corrected chi connectivity index (χ4v) is 2.54. The van der Waals surface area contributed by atoms with Crippen LogP contribution in [-0.4, -0.2) is 25.0 Å². The molecule has 1 amide bonds. The van der Waals surface area contributed by atoms with Crippen LogP contribution in [0, 0.1) is 13.8 Å². The zero-order valence-electron chi connectivity index (χ0n) is 14.5. The van der Waals surface area contributed by atoms with Crippen LogP contribution in [0.25, 0.3) is 0 Å². The second kappa shape index (κ2) is 7.25. The van der Waals surface area contributed by atoms with Crippen molar-refractivity contribution in [3.8, 4) is 11.5 Å². The van der Waals surface area contributed by atoms with Gasteiger partial charge in [-0.3, -0.25) is 4.79 Å². The average molecular weight is 339 g/mol. The van der Waals surface area contributed by atoms with Crippen molar-refractivity contribution in [2.24, 2.45) is 5.10 Å². The number of fused-ring (bicyclic) bond motifs is 1. The zero-order chi connectivity index (χ0) is 17.8. The second-order valence-corrected chi connectivity index (χ2v) is 6.03. The lowest BCUT2D eigenvalue weighted by Crippen LogP contribution is -2.35. The quantitative estimate of drug-likeness (QED) is 0.649. The summed E-state index contributed by atoms with van der Waals surface area (Å²) in [4.78, 5) is 12.2. The molecule has 1 heterocycles. The summed E-state index contributed by atoms with van der Waals surface area (Å²) in [6.45, 7) is 6.08. The van der Waals surface area contributed by atoms with E-state index in [4.69, 9.17) is 9.47 Å². The maximum absolute atomic E-state index is 12.2. The molecule has 0 fully saturated rings. The van der Waals surface area contributed by atoms with Crippen LogP contribution in [0.15, 0.2) is 41.5 Å². The minimum Gasteiger partial charge on any atom is -0.454 e. The fraction of sp³-hybridized carbons (Fsp3) is 0.263. The Morgan fingerprint density at radius 1 is 1.16 bits per heavy atom. The molecule has 2 aromatic carbocycles. The summed E-state index contributed by atoms with van der Waals surface area (Å²) in [5.41, 5.74) is 6.59. The minimum absolute atomic E-state index is 0.211. The van der Waals surface area contributed by atoms with Crippen molar-refractivity contribution >= 4 is 17.8 Å². The Bertz CT molecular complexity index is 818. The highest BCUT2D eigenvalue weighted by molar-refractivity contribution is 5.87. The number of hydrogen-bond donors (Lipinski definition) is 2. The van der Waals surface area contributed by atoms with Gasteiger partial charge in [0.1, 0.15) is 6.04 Å². The van der Waals surface area contributed by atoms with Gasteiger partial charge in [-0.25, -0.2) is 5.43 Å². The van der Waals surface area contributed by atoms with Crippen LogP contribution >= 0.6 is 0 Å². The molecule has 0 aliphatic carbocycles. The number of rotatable bonds is 5. The molecule has 1 aliphatic heterocycles. The number of amides is 1. The summed E-state index contributed by atoms with van der Waals surface area (Å²) in [5, 5.41) is 7.20. The van der Waals surface area contributed by atoms with E-state index >= 15 is 0 Å². The Morgan fingerprint density at radius 2 is 1.96 bits per heavy atom. The molecule has 1 atom stereocenters. The van der Waals surface area contributed by atoms with Gasteiger partial charge in [-0.1, -0.05) is 17.7 Å². The molecule has 0 aromatic heterocycles. The highest BCUT2D eigenvalue weighted by Crippen LogP contribution is 2.31. The Balaban J connectivity index is 1.56.